The maximum atomic E-state index is 4.66. The van der Waals surface area contributed by atoms with Gasteiger partial charge in [0.15, 0.2) is 5.82 Å². The molecule has 0 aromatic carbocycles. The first-order chi connectivity index (χ1) is 12.6. The fourth-order valence-corrected chi connectivity index (χ4v) is 3.37. The monoisotopic (exact) mass is 349 g/mol. The summed E-state index contributed by atoms with van der Waals surface area (Å²) in [6, 6.07) is 10.1. The number of nitrogens with zero attached hydrogens (tertiary/aromatic N) is 7. The van der Waals surface area contributed by atoms with Gasteiger partial charge in [0.25, 0.3) is 0 Å². The third kappa shape index (κ3) is 3.24. The zero-order valence-corrected chi connectivity index (χ0v) is 15.4. The molecule has 1 fully saturated rings. The Bertz CT molecular complexity index is 896. The second-order valence-corrected chi connectivity index (χ2v) is 6.63. The molecule has 3 aromatic rings. The molecule has 0 atom stereocenters. The summed E-state index contributed by atoms with van der Waals surface area (Å²) in [5, 5.41) is 4.55. The van der Waals surface area contributed by atoms with Gasteiger partial charge in [-0.15, -0.1) is 0 Å². The summed E-state index contributed by atoms with van der Waals surface area (Å²) in [5.74, 6) is 3.58. The van der Waals surface area contributed by atoms with E-state index in [1.54, 1.807) is 0 Å². The van der Waals surface area contributed by atoms with E-state index < -0.39 is 0 Å². The van der Waals surface area contributed by atoms with Crippen molar-refractivity contribution < 1.29 is 0 Å². The smallest absolute Gasteiger partial charge is 0.159 e. The lowest BCUT2D eigenvalue weighted by molar-refractivity contribution is 0.639. The van der Waals surface area contributed by atoms with Gasteiger partial charge in [-0.1, -0.05) is 6.07 Å². The third-order valence-corrected chi connectivity index (χ3v) is 4.61. The highest BCUT2D eigenvalue weighted by atomic mass is 15.3. The van der Waals surface area contributed by atoms with Crippen molar-refractivity contribution in [2.45, 2.75) is 20.8 Å². The van der Waals surface area contributed by atoms with Crippen LogP contribution in [0.1, 0.15) is 17.2 Å². The molecule has 3 aromatic heterocycles. The Hall–Kier alpha value is -2.96. The van der Waals surface area contributed by atoms with E-state index in [1.165, 1.54) is 0 Å². The quantitative estimate of drug-likeness (QED) is 0.723. The van der Waals surface area contributed by atoms with Crippen LogP contribution < -0.4 is 9.80 Å². The molecule has 1 aliphatic rings. The van der Waals surface area contributed by atoms with Crippen LogP contribution in [0.15, 0.2) is 36.5 Å². The van der Waals surface area contributed by atoms with Crippen LogP contribution in [0.4, 0.5) is 11.6 Å². The number of pyridine rings is 1. The van der Waals surface area contributed by atoms with Crippen molar-refractivity contribution in [1.29, 1.82) is 0 Å². The Labute approximate surface area is 153 Å². The molecule has 0 saturated carbocycles. The zero-order valence-electron chi connectivity index (χ0n) is 15.4. The minimum Gasteiger partial charge on any atom is -0.353 e. The first-order valence-corrected chi connectivity index (χ1v) is 8.90. The predicted molar refractivity (Wildman–Crippen MR) is 102 cm³/mol. The summed E-state index contributed by atoms with van der Waals surface area (Å²) in [4.78, 5) is 18.3. The molecule has 0 aliphatic carbocycles. The number of hydrogen-bond acceptors (Lipinski definition) is 6. The summed E-state index contributed by atoms with van der Waals surface area (Å²) >= 11 is 0. The molecular formula is C19H23N7. The standard InChI is InChI=1S/C19H23N7/c1-14-12-15(2)26(23-14)19-13-18(21-16(3)22-19)25-10-8-24(9-11-25)17-6-4-5-7-20-17/h4-7,12-13H,8-11H2,1-3H3. The van der Waals surface area contributed by atoms with Crippen molar-refractivity contribution in [2.24, 2.45) is 0 Å². The van der Waals surface area contributed by atoms with Crippen LogP contribution in [0.2, 0.25) is 0 Å². The van der Waals surface area contributed by atoms with E-state index in [1.807, 2.05) is 49.8 Å². The fraction of sp³-hybridized carbons (Fsp3) is 0.368. The van der Waals surface area contributed by atoms with Crippen LogP contribution in [-0.2, 0) is 0 Å². The van der Waals surface area contributed by atoms with Crippen LogP contribution in [-0.4, -0.2) is 50.9 Å². The fourth-order valence-electron chi connectivity index (χ4n) is 3.37. The second kappa shape index (κ2) is 6.74. The van der Waals surface area contributed by atoms with Crippen molar-refractivity contribution in [3.63, 3.8) is 0 Å². The molecule has 0 N–H and O–H groups in total. The Morgan fingerprint density at radius 3 is 2.12 bits per heavy atom. The Balaban J connectivity index is 1.55. The molecule has 1 aliphatic heterocycles. The second-order valence-electron chi connectivity index (χ2n) is 6.63. The van der Waals surface area contributed by atoms with Crippen molar-refractivity contribution >= 4 is 11.6 Å². The molecule has 0 spiro atoms. The molecule has 26 heavy (non-hydrogen) atoms. The molecule has 0 amide bonds. The lowest BCUT2D eigenvalue weighted by Crippen LogP contribution is -2.47. The summed E-state index contributed by atoms with van der Waals surface area (Å²) in [6.07, 6.45) is 1.84. The SMILES string of the molecule is Cc1cc(C)n(-c2cc(N3CCN(c4ccccn4)CC3)nc(C)n2)n1. The molecule has 0 radical (unpaired) electrons. The molecule has 0 bridgehead atoms. The number of aryl methyl sites for hydroxylation is 3. The van der Waals surface area contributed by atoms with Gasteiger partial charge in [0, 0.05) is 44.1 Å². The number of piperazine rings is 1. The topological polar surface area (TPSA) is 63.0 Å². The van der Waals surface area contributed by atoms with Gasteiger partial charge in [0.1, 0.15) is 17.5 Å². The molecule has 0 unspecified atom stereocenters. The van der Waals surface area contributed by atoms with Gasteiger partial charge in [0.05, 0.1) is 5.69 Å². The first kappa shape index (κ1) is 16.5. The third-order valence-electron chi connectivity index (χ3n) is 4.61. The maximum absolute atomic E-state index is 4.66. The summed E-state index contributed by atoms with van der Waals surface area (Å²) in [6.45, 7) is 9.64. The highest BCUT2D eigenvalue weighted by Gasteiger charge is 2.20. The molecule has 4 heterocycles. The summed E-state index contributed by atoms with van der Waals surface area (Å²) in [7, 11) is 0. The van der Waals surface area contributed by atoms with E-state index in [0.717, 1.165) is 60.8 Å². The van der Waals surface area contributed by atoms with Gasteiger partial charge in [-0.05, 0) is 39.0 Å². The van der Waals surface area contributed by atoms with Crippen molar-refractivity contribution in [3.05, 3.63) is 53.7 Å². The van der Waals surface area contributed by atoms with E-state index in [-0.39, 0.29) is 0 Å². The predicted octanol–water partition coefficient (Wildman–Crippen LogP) is 2.31. The number of hydrogen-bond donors (Lipinski definition) is 0. The van der Waals surface area contributed by atoms with Crippen LogP contribution in [0.5, 0.6) is 0 Å². The highest BCUT2D eigenvalue weighted by Crippen LogP contribution is 2.20. The zero-order chi connectivity index (χ0) is 18.1. The molecular weight excluding hydrogens is 326 g/mol. The lowest BCUT2D eigenvalue weighted by Gasteiger charge is -2.36. The minimum atomic E-state index is 0.761. The molecule has 7 nitrogen and oxygen atoms in total. The van der Waals surface area contributed by atoms with E-state index in [0.29, 0.717) is 0 Å². The average Bonchev–Trinajstić information content (AvgIpc) is 3.00. The molecule has 4 rings (SSSR count). The largest absolute Gasteiger partial charge is 0.353 e. The normalized spacial score (nSPS) is 14.7. The van der Waals surface area contributed by atoms with Crippen molar-refractivity contribution in [1.82, 2.24) is 24.7 Å². The Morgan fingerprint density at radius 2 is 1.50 bits per heavy atom. The van der Waals surface area contributed by atoms with Crippen molar-refractivity contribution in [3.8, 4) is 5.82 Å². The maximum Gasteiger partial charge on any atom is 0.159 e. The van der Waals surface area contributed by atoms with E-state index in [4.69, 9.17) is 0 Å². The Morgan fingerprint density at radius 1 is 0.808 bits per heavy atom. The van der Waals surface area contributed by atoms with Gasteiger partial charge in [-0.25, -0.2) is 19.6 Å². The van der Waals surface area contributed by atoms with Crippen LogP contribution >= 0.6 is 0 Å². The first-order valence-electron chi connectivity index (χ1n) is 8.90. The summed E-state index contributed by atoms with van der Waals surface area (Å²) < 4.78 is 1.89. The van der Waals surface area contributed by atoms with Gasteiger partial charge in [-0.2, -0.15) is 5.10 Å². The number of anilines is 2. The average molecular weight is 349 g/mol. The molecule has 1 saturated heterocycles. The summed E-state index contributed by atoms with van der Waals surface area (Å²) in [5.41, 5.74) is 2.07. The van der Waals surface area contributed by atoms with Crippen LogP contribution in [0.25, 0.3) is 5.82 Å². The number of rotatable bonds is 3. The molecule has 134 valence electrons. The van der Waals surface area contributed by atoms with E-state index in [2.05, 4.69) is 42.0 Å². The van der Waals surface area contributed by atoms with Gasteiger partial charge in [0.2, 0.25) is 0 Å². The molecule has 7 heteroatoms. The van der Waals surface area contributed by atoms with Crippen molar-refractivity contribution in [2.75, 3.05) is 36.0 Å². The number of aromatic nitrogens is 5. The van der Waals surface area contributed by atoms with E-state index >= 15 is 0 Å². The Kier molecular flexibility index (Phi) is 4.28. The van der Waals surface area contributed by atoms with Gasteiger partial charge in [-0.3, -0.25) is 0 Å². The van der Waals surface area contributed by atoms with E-state index in [9.17, 15) is 0 Å². The van der Waals surface area contributed by atoms with Crippen LogP contribution in [0.3, 0.4) is 0 Å². The minimum absolute atomic E-state index is 0.761. The van der Waals surface area contributed by atoms with Gasteiger partial charge >= 0.3 is 0 Å². The van der Waals surface area contributed by atoms with Gasteiger partial charge < -0.3 is 9.80 Å². The lowest BCUT2D eigenvalue weighted by atomic mass is 10.3. The van der Waals surface area contributed by atoms with Crippen LogP contribution in [0, 0.1) is 20.8 Å². The highest BCUT2D eigenvalue weighted by molar-refractivity contribution is 5.48.